The van der Waals surface area contributed by atoms with Gasteiger partial charge in [0.15, 0.2) is 0 Å². The molecule has 3 atom stereocenters. The van der Waals surface area contributed by atoms with Crippen LogP contribution in [0.5, 0.6) is 0 Å². The molecule has 1 saturated heterocycles. The van der Waals surface area contributed by atoms with Crippen molar-refractivity contribution in [2.45, 2.75) is 79.9 Å². The lowest BCUT2D eigenvalue weighted by atomic mass is 9.86. The van der Waals surface area contributed by atoms with Gasteiger partial charge < -0.3 is 20.3 Å². The van der Waals surface area contributed by atoms with E-state index in [0.29, 0.717) is 25.2 Å². The Balaban J connectivity index is 1.39. The number of aliphatic imine (C=N–C) groups is 3. The molecule has 0 amide bonds. The van der Waals surface area contributed by atoms with Crippen LogP contribution in [0.3, 0.4) is 0 Å². The topological polar surface area (TPSA) is 116 Å². The van der Waals surface area contributed by atoms with Crippen molar-refractivity contribution in [3.8, 4) is 0 Å². The first kappa shape index (κ1) is 33.4. The number of aliphatic hydroxyl groups is 1. The third kappa shape index (κ3) is 5.94. The monoisotopic (exact) mass is 768 g/mol. The van der Waals surface area contributed by atoms with Crippen LogP contribution >= 0.6 is 22.6 Å². The maximum Gasteiger partial charge on any atom is 0.303 e. The van der Waals surface area contributed by atoms with Crippen LogP contribution in [0.1, 0.15) is 72.8 Å². The Morgan fingerprint density at radius 1 is 1.06 bits per heavy atom. The van der Waals surface area contributed by atoms with Gasteiger partial charge in [-0.2, -0.15) is 0 Å². The van der Waals surface area contributed by atoms with Crippen molar-refractivity contribution in [1.82, 2.24) is 5.32 Å². The number of ether oxygens (including phenoxy) is 1. The smallest absolute Gasteiger partial charge is 0.303 e. The van der Waals surface area contributed by atoms with Crippen molar-refractivity contribution >= 4 is 45.7 Å². The number of benzene rings is 1. The van der Waals surface area contributed by atoms with Crippen LogP contribution in [0.15, 0.2) is 131 Å². The number of aliphatic carboxylic acids is 1. The molecule has 0 spiro atoms. The molecular formula is C40H41IN4O4. The number of halogens is 1. The summed E-state index contributed by atoms with van der Waals surface area (Å²) >= 11 is 2.32. The third-order valence-electron chi connectivity index (χ3n) is 10.6. The van der Waals surface area contributed by atoms with E-state index in [9.17, 15) is 15.0 Å². The van der Waals surface area contributed by atoms with E-state index in [1.807, 2.05) is 19.1 Å². The normalized spacial score (nSPS) is 23.6. The molecule has 0 aromatic heterocycles. The molecule has 0 saturated carbocycles. The lowest BCUT2D eigenvalue weighted by molar-refractivity contribution is -0.137. The van der Waals surface area contributed by atoms with Crippen LogP contribution in [-0.4, -0.2) is 39.4 Å². The number of nitrogens with one attached hydrogen (secondary N) is 1. The average molecular weight is 769 g/mol. The Morgan fingerprint density at radius 3 is 2.55 bits per heavy atom. The molecule has 6 aliphatic rings. The van der Waals surface area contributed by atoms with Gasteiger partial charge in [-0.05, 0) is 121 Å². The number of hydrogen-bond donors (Lipinski definition) is 3. The minimum Gasteiger partial charge on any atom is -0.511 e. The number of hydrogen-bond acceptors (Lipinski definition) is 7. The quantitative estimate of drug-likeness (QED) is 0.229. The molecule has 1 aromatic carbocycles. The third-order valence-corrected chi connectivity index (χ3v) is 11.2. The number of nitrogens with zero attached hydrogens (tertiary/aromatic N) is 3. The van der Waals surface area contributed by atoms with Crippen LogP contribution < -0.4 is 5.32 Å². The number of carbonyl (C=O) groups is 1. The summed E-state index contributed by atoms with van der Waals surface area (Å²) in [6.45, 7) is 13.1. The lowest BCUT2D eigenvalue weighted by Gasteiger charge is -2.17. The number of rotatable bonds is 8. The summed E-state index contributed by atoms with van der Waals surface area (Å²) in [7, 11) is 0. The van der Waals surface area contributed by atoms with Gasteiger partial charge in [-0.1, -0.05) is 26.0 Å². The van der Waals surface area contributed by atoms with E-state index in [4.69, 9.17) is 19.7 Å². The molecular weight excluding hydrogens is 727 g/mol. The Labute approximate surface area is 301 Å². The van der Waals surface area contributed by atoms with Crippen molar-refractivity contribution in [3.63, 3.8) is 0 Å². The van der Waals surface area contributed by atoms with Crippen molar-refractivity contribution in [1.29, 1.82) is 0 Å². The van der Waals surface area contributed by atoms with Crippen LogP contribution in [0, 0.1) is 15.4 Å². The van der Waals surface area contributed by atoms with Gasteiger partial charge in [0.2, 0.25) is 0 Å². The summed E-state index contributed by atoms with van der Waals surface area (Å²) in [4.78, 5) is 27.2. The minimum atomic E-state index is -0.825. The predicted octanol–water partition coefficient (Wildman–Crippen LogP) is 8.73. The highest BCUT2D eigenvalue weighted by atomic mass is 127. The van der Waals surface area contributed by atoms with Crippen LogP contribution in [0.4, 0.5) is 0 Å². The SMILES string of the molecule is CCC1=C(C)C2=NC1=CC1=C(C)C3=C(O)CC(=C4NC(=CC5=NC(=C2)C(C(C)OCc2cccc(I)c2)=C5C)[C@@H](C)C4CCC(=O)O)C3=N1. The molecule has 9 heteroatoms. The molecule has 252 valence electrons. The van der Waals surface area contributed by atoms with Crippen LogP contribution in [-0.2, 0) is 16.1 Å². The highest BCUT2D eigenvalue weighted by Gasteiger charge is 2.41. The first-order valence-electron chi connectivity index (χ1n) is 17.0. The molecule has 8 nitrogen and oxygen atoms in total. The van der Waals surface area contributed by atoms with E-state index in [0.717, 1.165) is 96.6 Å². The average Bonchev–Trinajstić information content (AvgIpc) is 3.81. The maximum absolute atomic E-state index is 11.8. The highest BCUT2D eigenvalue weighted by molar-refractivity contribution is 14.1. The lowest BCUT2D eigenvalue weighted by Crippen LogP contribution is -2.15. The number of carboxylic acid groups (broad SMARTS) is 1. The summed E-state index contributed by atoms with van der Waals surface area (Å²) in [6, 6.07) is 8.34. The Bertz CT molecular complexity index is 2060. The maximum atomic E-state index is 11.8. The molecule has 7 rings (SSSR count). The molecule has 1 fully saturated rings. The zero-order valence-corrected chi connectivity index (χ0v) is 30.9. The molecule has 1 aromatic rings. The van der Waals surface area contributed by atoms with Gasteiger partial charge in [-0.25, -0.2) is 15.0 Å². The van der Waals surface area contributed by atoms with E-state index in [1.54, 1.807) is 0 Å². The molecule has 0 radical (unpaired) electrons. The molecule has 1 aliphatic carbocycles. The predicted molar refractivity (Wildman–Crippen MR) is 202 cm³/mol. The van der Waals surface area contributed by atoms with Crippen molar-refractivity contribution < 1.29 is 19.7 Å². The molecule has 8 bridgehead atoms. The summed E-state index contributed by atoms with van der Waals surface area (Å²) < 4.78 is 7.68. The van der Waals surface area contributed by atoms with E-state index < -0.39 is 5.97 Å². The molecule has 5 heterocycles. The largest absolute Gasteiger partial charge is 0.511 e. The number of fused-ring (bicyclic) bond motifs is 5. The Morgan fingerprint density at radius 2 is 1.82 bits per heavy atom. The summed E-state index contributed by atoms with van der Waals surface area (Å²) in [5, 5.41) is 24.6. The van der Waals surface area contributed by atoms with E-state index in [-0.39, 0.29) is 24.4 Å². The highest BCUT2D eigenvalue weighted by Crippen LogP contribution is 2.46. The van der Waals surface area contributed by atoms with Crippen molar-refractivity contribution in [2.24, 2.45) is 26.8 Å². The van der Waals surface area contributed by atoms with E-state index >= 15 is 0 Å². The second kappa shape index (κ2) is 13.0. The fourth-order valence-electron chi connectivity index (χ4n) is 7.85. The second-order valence-corrected chi connectivity index (χ2v) is 14.8. The molecule has 3 N–H and O–H groups in total. The Hall–Kier alpha value is -4.09. The van der Waals surface area contributed by atoms with Gasteiger partial charge in [0.25, 0.3) is 0 Å². The molecule has 49 heavy (non-hydrogen) atoms. The first-order chi connectivity index (χ1) is 23.4. The van der Waals surface area contributed by atoms with Crippen molar-refractivity contribution in [2.75, 3.05) is 0 Å². The van der Waals surface area contributed by atoms with Gasteiger partial charge in [0, 0.05) is 56.4 Å². The van der Waals surface area contributed by atoms with Gasteiger partial charge in [-0.15, -0.1) is 0 Å². The second-order valence-electron chi connectivity index (χ2n) is 13.5. The molecule has 2 unspecified atom stereocenters. The van der Waals surface area contributed by atoms with E-state index in [1.165, 1.54) is 3.57 Å². The zero-order chi connectivity index (χ0) is 34.7. The van der Waals surface area contributed by atoms with Crippen molar-refractivity contribution in [3.05, 3.63) is 125 Å². The summed E-state index contributed by atoms with van der Waals surface area (Å²) in [5.74, 6) is -0.610. The summed E-state index contributed by atoms with van der Waals surface area (Å²) in [5.41, 5.74) is 14.9. The van der Waals surface area contributed by atoms with Gasteiger partial charge in [0.05, 0.1) is 46.9 Å². The minimum absolute atomic E-state index is 0.000239. The van der Waals surface area contributed by atoms with Crippen LogP contribution in [0.25, 0.3) is 0 Å². The Kier molecular flexibility index (Phi) is 8.85. The zero-order valence-electron chi connectivity index (χ0n) is 28.7. The standard InChI is InChI=1S/C40H41IN4O4/c1-7-26-19(2)29-17-34-37(23(6)49-18-24-9-8-10-25(41)13-24)21(4)31(43-34)15-30-20(3)27(11-12-36(47)48)39(44-30)28-14-35(46)38-22(5)32(45-40(28)38)16-33(26)42-29/h8-10,13,15-17,20,23,27,44,46H,7,11-12,14,18H2,1-6H3,(H,47,48)/t20-,23?,27?/m0/s1. The molecule has 5 aliphatic heterocycles. The number of allylic oxidation sites excluding steroid dienone is 11. The first-order valence-corrected chi connectivity index (χ1v) is 18.1. The van der Waals surface area contributed by atoms with Gasteiger partial charge in [-0.3, -0.25) is 4.79 Å². The fourth-order valence-corrected chi connectivity index (χ4v) is 8.46. The van der Waals surface area contributed by atoms with Gasteiger partial charge >= 0.3 is 5.97 Å². The van der Waals surface area contributed by atoms with E-state index in [2.05, 4.69) is 92.9 Å². The summed E-state index contributed by atoms with van der Waals surface area (Å²) in [6.07, 6.45) is 7.68. The number of carboxylic acids is 1. The number of aliphatic hydroxyl groups excluding tert-OH is 1. The fraction of sp³-hybridized carbons (Fsp3) is 0.350. The van der Waals surface area contributed by atoms with Gasteiger partial charge in [0.1, 0.15) is 5.76 Å². The van der Waals surface area contributed by atoms with Crippen LogP contribution in [0.2, 0.25) is 0 Å².